The first kappa shape index (κ1) is 32.4. The number of benzene rings is 3. The maximum atomic E-state index is 13.2. The van der Waals surface area contributed by atoms with E-state index in [0.717, 1.165) is 36.8 Å². The van der Waals surface area contributed by atoms with Crippen molar-refractivity contribution < 1.29 is 27.5 Å². The Hall–Kier alpha value is -4.14. The fourth-order valence-electron chi connectivity index (χ4n) is 4.94. The van der Waals surface area contributed by atoms with Crippen LogP contribution in [0.4, 0.5) is 17.6 Å². The minimum Gasteiger partial charge on any atom is -0.506 e. The highest BCUT2D eigenvalue weighted by Gasteiger charge is 2.16. The Morgan fingerprint density at radius 1 is 1.00 bits per heavy atom. The topological polar surface area (TPSA) is 67.2 Å². The van der Waals surface area contributed by atoms with Crippen LogP contribution in [-0.2, 0) is 6.54 Å². The van der Waals surface area contributed by atoms with Crippen molar-refractivity contribution in [2.45, 2.75) is 45.6 Å². The van der Waals surface area contributed by atoms with Crippen LogP contribution >= 0.6 is 0 Å². The highest BCUT2D eigenvalue weighted by molar-refractivity contribution is 5.96. The second-order valence-corrected chi connectivity index (χ2v) is 10.00. The van der Waals surface area contributed by atoms with Gasteiger partial charge in [0.25, 0.3) is 0 Å². The van der Waals surface area contributed by atoms with Crippen molar-refractivity contribution in [3.05, 3.63) is 90.4 Å². The molecule has 9 heteroatoms. The van der Waals surface area contributed by atoms with E-state index in [9.17, 15) is 27.5 Å². The molecular formula is C33H37F4N3O2. The molecule has 0 bridgehead atoms. The van der Waals surface area contributed by atoms with Gasteiger partial charge in [-0.2, -0.15) is 5.10 Å². The van der Waals surface area contributed by atoms with Crippen molar-refractivity contribution in [1.82, 2.24) is 15.1 Å². The van der Waals surface area contributed by atoms with E-state index in [4.69, 9.17) is 0 Å². The maximum Gasteiger partial charge on any atom is 0.229 e. The summed E-state index contributed by atoms with van der Waals surface area (Å²) in [5.74, 6) is 0.268. The Labute approximate surface area is 243 Å². The summed E-state index contributed by atoms with van der Waals surface area (Å²) in [6.07, 6.45) is 6.02. The van der Waals surface area contributed by atoms with Gasteiger partial charge in [0, 0.05) is 42.5 Å². The van der Waals surface area contributed by atoms with E-state index in [-0.39, 0.29) is 23.9 Å². The molecule has 42 heavy (non-hydrogen) atoms. The summed E-state index contributed by atoms with van der Waals surface area (Å²) in [5, 5.41) is 18.9. The summed E-state index contributed by atoms with van der Waals surface area (Å²) in [4.78, 5) is 12.8. The Kier molecular flexibility index (Phi) is 12.6. The SMILES string of the molecule is C=C(NCCF)c1ccc2nn(CC(CCC)CCCC(=O)c3ccc(-c4ccc(F)cc4)cc3)cc2c1O.FCF. The van der Waals surface area contributed by atoms with Gasteiger partial charge in [-0.3, -0.25) is 9.48 Å². The first-order valence-electron chi connectivity index (χ1n) is 14.0. The van der Waals surface area contributed by atoms with Crippen LogP contribution in [0.3, 0.4) is 0 Å². The number of phenolic OH excluding ortho intramolecular Hbond substituents is 1. The van der Waals surface area contributed by atoms with Gasteiger partial charge in [0.1, 0.15) is 18.2 Å². The number of carbonyl (C=O) groups excluding carboxylic acids is 1. The van der Waals surface area contributed by atoms with E-state index < -0.39 is 13.6 Å². The number of ketones is 1. The third-order valence-electron chi connectivity index (χ3n) is 7.01. The average molecular weight is 584 g/mol. The van der Waals surface area contributed by atoms with Gasteiger partial charge in [0.2, 0.25) is 6.93 Å². The molecule has 0 aliphatic carbocycles. The second kappa shape index (κ2) is 16.3. The zero-order chi connectivity index (χ0) is 30.5. The summed E-state index contributed by atoms with van der Waals surface area (Å²) < 4.78 is 46.8. The normalized spacial score (nSPS) is 11.5. The van der Waals surface area contributed by atoms with Gasteiger partial charge in [-0.05, 0) is 60.6 Å². The molecule has 0 radical (unpaired) electrons. The average Bonchev–Trinajstić information content (AvgIpc) is 3.40. The summed E-state index contributed by atoms with van der Waals surface area (Å²) >= 11 is 0. The van der Waals surface area contributed by atoms with Crippen molar-refractivity contribution in [2.24, 2.45) is 5.92 Å². The summed E-state index contributed by atoms with van der Waals surface area (Å²) in [6, 6.07) is 17.4. The van der Waals surface area contributed by atoms with Crippen molar-refractivity contribution in [3.8, 4) is 16.9 Å². The molecule has 0 spiro atoms. The molecule has 0 aliphatic heterocycles. The molecule has 0 aliphatic rings. The highest BCUT2D eigenvalue weighted by atomic mass is 19.3. The van der Waals surface area contributed by atoms with Gasteiger partial charge in [-0.25, -0.2) is 17.6 Å². The number of nitrogens with zero attached hydrogens (tertiary/aromatic N) is 2. The Morgan fingerprint density at radius 2 is 1.64 bits per heavy atom. The molecule has 0 saturated heterocycles. The Balaban J connectivity index is 0.00000155. The number of aromatic nitrogens is 2. The lowest BCUT2D eigenvalue weighted by molar-refractivity contribution is 0.0977. The van der Waals surface area contributed by atoms with Crippen molar-refractivity contribution in [1.29, 1.82) is 0 Å². The summed E-state index contributed by atoms with van der Waals surface area (Å²) in [7, 11) is 0. The third kappa shape index (κ3) is 8.93. The molecular weight excluding hydrogens is 546 g/mol. The maximum absolute atomic E-state index is 13.2. The fraction of sp³-hybridized carbons (Fsp3) is 0.333. The minimum absolute atomic E-state index is 0.0817. The monoisotopic (exact) mass is 583 g/mol. The number of hydrogen-bond donors (Lipinski definition) is 2. The smallest absolute Gasteiger partial charge is 0.229 e. The van der Waals surface area contributed by atoms with Crippen LogP contribution in [-0.4, -0.2) is 40.8 Å². The van der Waals surface area contributed by atoms with Crippen LogP contribution < -0.4 is 5.32 Å². The number of nitrogens with one attached hydrogen (secondary N) is 1. The molecule has 0 saturated carbocycles. The third-order valence-corrected chi connectivity index (χ3v) is 7.01. The molecule has 1 aromatic heterocycles. The molecule has 1 atom stereocenters. The van der Waals surface area contributed by atoms with E-state index >= 15 is 0 Å². The molecule has 0 amide bonds. The molecule has 2 N–H and O–H groups in total. The van der Waals surface area contributed by atoms with Crippen LogP contribution in [0.25, 0.3) is 27.7 Å². The van der Waals surface area contributed by atoms with E-state index in [1.165, 1.54) is 12.1 Å². The van der Waals surface area contributed by atoms with E-state index in [1.807, 2.05) is 41.2 Å². The van der Waals surface area contributed by atoms with Crippen LogP contribution in [0.1, 0.15) is 54.9 Å². The van der Waals surface area contributed by atoms with E-state index in [2.05, 4.69) is 23.9 Å². The largest absolute Gasteiger partial charge is 0.506 e. The predicted molar refractivity (Wildman–Crippen MR) is 160 cm³/mol. The van der Waals surface area contributed by atoms with E-state index in [1.54, 1.807) is 18.2 Å². The number of hydrogen-bond acceptors (Lipinski definition) is 4. The lowest BCUT2D eigenvalue weighted by Crippen LogP contribution is -2.14. The number of carbonyl (C=O) groups is 1. The number of alkyl halides is 3. The first-order valence-corrected chi connectivity index (χ1v) is 14.0. The predicted octanol–water partition coefficient (Wildman–Crippen LogP) is 8.43. The minimum atomic E-state index is -1.75. The zero-order valence-electron chi connectivity index (χ0n) is 23.8. The Bertz CT molecular complexity index is 1440. The second-order valence-electron chi connectivity index (χ2n) is 10.00. The lowest BCUT2D eigenvalue weighted by Gasteiger charge is -2.16. The molecule has 224 valence electrons. The standard InChI is InChI=1S/C32H35F2N3O2.CH2F2/c1-3-5-23(20-37-21-29-30(36-37)17-16-28(32(29)39)22(2)35-19-18-33)6-4-7-31(38)26-10-8-24(9-11-26)25-12-14-27(34)15-13-25;2-1-3/h8-17,21,23,35,39H,2-7,18-20H2,1H3;1H2. The number of rotatable bonds is 14. The first-order chi connectivity index (χ1) is 20.3. The molecule has 1 unspecified atom stereocenters. The molecule has 0 fully saturated rings. The van der Waals surface area contributed by atoms with Crippen LogP contribution in [0.5, 0.6) is 5.75 Å². The van der Waals surface area contributed by atoms with Gasteiger partial charge < -0.3 is 10.4 Å². The van der Waals surface area contributed by atoms with Crippen molar-refractivity contribution in [2.75, 3.05) is 20.1 Å². The molecule has 3 aromatic carbocycles. The van der Waals surface area contributed by atoms with Gasteiger partial charge in [-0.15, -0.1) is 0 Å². The number of aromatic hydroxyl groups is 1. The molecule has 4 aromatic rings. The lowest BCUT2D eigenvalue weighted by atomic mass is 9.94. The summed E-state index contributed by atoms with van der Waals surface area (Å²) in [5.41, 5.74) is 4.22. The van der Waals surface area contributed by atoms with Crippen LogP contribution in [0.2, 0.25) is 0 Å². The van der Waals surface area contributed by atoms with Crippen molar-refractivity contribution in [3.63, 3.8) is 0 Å². The van der Waals surface area contributed by atoms with Gasteiger partial charge in [0.15, 0.2) is 5.78 Å². The van der Waals surface area contributed by atoms with E-state index in [0.29, 0.717) is 46.6 Å². The quantitative estimate of drug-likeness (QED) is 0.116. The van der Waals surface area contributed by atoms with Gasteiger partial charge >= 0.3 is 0 Å². The fourth-order valence-corrected chi connectivity index (χ4v) is 4.94. The Morgan fingerprint density at radius 3 is 2.26 bits per heavy atom. The van der Waals surface area contributed by atoms with Gasteiger partial charge in [-0.1, -0.05) is 56.3 Å². The van der Waals surface area contributed by atoms with Crippen molar-refractivity contribution >= 4 is 22.4 Å². The van der Waals surface area contributed by atoms with Crippen LogP contribution in [0, 0.1) is 11.7 Å². The number of phenols is 1. The molecule has 1 heterocycles. The molecule has 5 nitrogen and oxygen atoms in total. The zero-order valence-corrected chi connectivity index (χ0v) is 23.8. The summed E-state index contributed by atoms with van der Waals surface area (Å²) in [6.45, 7) is 4.60. The van der Waals surface area contributed by atoms with Crippen LogP contribution in [0.15, 0.2) is 73.4 Å². The number of Topliss-reactive ketones (excluding diaryl/α,β-unsaturated/α-hetero) is 1. The van der Waals surface area contributed by atoms with Gasteiger partial charge in [0.05, 0.1) is 10.9 Å². The highest BCUT2D eigenvalue weighted by Crippen LogP contribution is 2.32. The number of halogens is 4. The number of fused-ring (bicyclic) bond motifs is 1. The molecule has 4 rings (SSSR count).